The van der Waals surface area contributed by atoms with E-state index in [1.807, 2.05) is 6.92 Å². The highest BCUT2D eigenvalue weighted by Crippen LogP contribution is 2.23. The Bertz CT molecular complexity index is 1060. The van der Waals surface area contributed by atoms with Gasteiger partial charge in [-0.05, 0) is 37.1 Å². The number of H-pyrrole nitrogens is 1. The lowest BCUT2D eigenvalue weighted by atomic mass is 10.2. The van der Waals surface area contributed by atoms with Gasteiger partial charge in [0.2, 0.25) is 5.91 Å². The molecule has 1 aromatic carbocycles. The van der Waals surface area contributed by atoms with E-state index in [0.717, 1.165) is 34.3 Å². The normalized spacial score (nSPS) is 11.1. The molecule has 0 radical (unpaired) electrons. The molecule has 0 spiro atoms. The number of aromatic nitrogens is 3. The number of nitrogens with one attached hydrogen (secondary N) is 2. The van der Waals surface area contributed by atoms with Gasteiger partial charge in [0.25, 0.3) is 5.56 Å². The summed E-state index contributed by atoms with van der Waals surface area (Å²) in [6.07, 6.45) is 0.900. The molecule has 9 heteroatoms. The number of benzene rings is 1. The maximum absolute atomic E-state index is 13.4. The van der Waals surface area contributed by atoms with Crippen LogP contribution in [0.15, 0.2) is 34.2 Å². The van der Waals surface area contributed by atoms with E-state index in [1.54, 1.807) is 13.0 Å². The highest BCUT2D eigenvalue weighted by molar-refractivity contribution is 7.98. The first-order valence-corrected chi connectivity index (χ1v) is 9.36. The van der Waals surface area contributed by atoms with Crippen molar-refractivity contribution in [2.24, 2.45) is 0 Å². The lowest BCUT2D eigenvalue weighted by Gasteiger charge is -2.13. The summed E-state index contributed by atoms with van der Waals surface area (Å²) in [6, 6.07) is 5.34. The second kappa shape index (κ2) is 7.91. The van der Waals surface area contributed by atoms with Gasteiger partial charge in [-0.2, -0.15) is 4.68 Å². The summed E-state index contributed by atoms with van der Waals surface area (Å²) in [4.78, 5) is 32.1. The topological polar surface area (TPSA) is 79.8 Å². The smallest absolute Gasteiger partial charge is 0.297 e. The number of halogens is 2. The Kier molecular flexibility index (Phi) is 5.59. The van der Waals surface area contributed by atoms with E-state index in [-0.39, 0.29) is 23.2 Å². The van der Waals surface area contributed by atoms with Gasteiger partial charge >= 0.3 is 0 Å². The van der Waals surface area contributed by atoms with E-state index < -0.39 is 17.2 Å². The first kappa shape index (κ1) is 19.1. The van der Waals surface area contributed by atoms with Crippen LogP contribution in [-0.2, 0) is 10.5 Å². The molecule has 142 valence electrons. The molecule has 2 aromatic heterocycles. The third-order valence-electron chi connectivity index (χ3n) is 3.82. The fourth-order valence-corrected chi connectivity index (χ4v) is 3.45. The summed E-state index contributed by atoms with van der Waals surface area (Å²) >= 11 is 1.15. The Morgan fingerprint density at radius 1 is 1.30 bits per heavy atom. The van der Waals surface area contributed by atoms with Crippen LogP contribution in [0.1, 0.15) is 31.0 Å². The molecule has 2 N–H and O–H groups in total. The Labute approximate surface area is 158 Å². The van der Waals surface area contributed by atoms with Crippen LogP contribution < -0.4 is 11.0 Å². The minimum Gasteiger partial charge on any atom is -0.353 e. The van der Waals surface area contributed by atoms with Crippen LogP contribution in [0.5, 0.6) is 0 Å². The molecule has 2 heterocycles. The number of rotatable bonds is 6. The second-order valence-corrected chi connectivity index (χ2v) is 7.01. The SMILES string of the molecule is CCCC(=O)Nn1c(SCc2ccc(F)c(F)c2)nc2cc(C)[nH]c2c1=O. The molecule has 6 nitrogen and oxygen atoms in total. The number of hydrogen-bond donors (Lipinski definition) is 2. The van der Waals surface area contributed by atoms with Crippen LogP contribution in [0.4, 0.5) is 8.78 Å². The number of aromatic amines is 1. The lowest BCUT2D eigenvalue weighted by Crippen LogP contribution is -2.35. The van der Waals surface area contributed by atoms with E-state index in [1.165, 1.54) is 6.07 Å². The van der Waals surface area contributed by atoms with Gasteiger partial charge in [-0.1, -0.05) is 24.8 Å². The minimum atomic E-state index is -0.939. The van der Waals surface area contributed by atoms with Crippen LogP contribution >= 0.6 is 11.8 Å². The molecule has 0 saturated heterocycles. The van der Waals surface area contributed by atoms with Gasteiger partial charge in [-0.3, -0.25) is 15.0 Å². The molecule has 1 amide bonds. The Balaban J connectivity index is 1.97. The van der Waals surface area contributed by atoms with Crippen LogP contribution in [0.3, 0.4) is 0 Å². The zero-order chi connectivity index (χ0) is 19.6. The first-order chi connectivity index (χ1) is 12.9. The molecule has 0 unspecified atom stereocenters. The van der Waals surface area contributed by atoms with Crippen molar-refractivity contribution in [1.82, 2.24) is 14.6 Å². The van der Waals surface area contributed by atoms with E-state index in [2.05, 4.69) is 15.4 Å². The van der Waals surface area contributed by atoms with Crippen molar-refractivity contribution in [3.05, 3.63) is 57.5 Å². The maximum atomic E-state index is 13.4. The predicted molar refractivity (Wildman–Crippen MR) is 100 cm³/mol. The maximum Gasteiger partial charge on any atom is 0.297 e. The van der Waals surface area contributed by atoms with Gasteiger partial charge in [0.15, 0.2) is 16.8 Å². The van der Waals surface area contributed by atoms with Crippen molar-refractivity contribution in [3.63, 3.8) is 0 Å². The van der Waals surface area contributed by atoms with Gasteiger partial charge < -0.3 is 4.98 Å². The van der Waals surface area contributed by atoms with Crippen LogP contribution in [-0.4, -0.2) is 20.6 Å². The zero-order valence-electron chi connectivity index (χ0n) is 14.8. The molecule has 0 aliphatic carbocycles. The second-order valence-electron chi connectivity index (χ2n) is 6.07. The molecule has 3 rings (SSSR count). The lowest BCUT2D eigenvalue weighted by molar-refractivity contribution is -0.117. The largest absolute Gasteiger partial charge is 0.353 e. The van der Waals surface area contributed by atoms with E-state index >= 15 is 0 Å². The van der Waals surface area contributed by atoms with Gasteiger partial charge in [-0.25, -0.2) is 13.8 Å². The molecule has 0 aliphatic rings. The first-order valence-electron chi connectivity index (χ1n) is 8.38. The Morgan fingerprint density at radius 3 is 2.78 bits per heavy atom. The number of carbonyl (C=O) groups is 1. The van der Waals surface area contributed by atoms with Gasteiger partial charge in [-0.15, -0.1) is 0 Å². The van der Waals surface area contributed by atoms with E-state index in [4.69, 9.17) is 0 Å². The van der Waals surface area contributed by atoms with Crippen molar-refractivity contribution in [2.45, 2.75) is 37.6 Å². The molecule has 0 bridgehead atoms. The highest BCUT2D eigenvalue weighted by atomic mass is 32.2. The van der Waals surface area contributed by atoms with Crippen molar-refractivity contribution in [1.29, 1.82) is 0 Å². The van der Waals surface area contributed by atoms with Crippen LogP contribution in [0.25, 0.3) is 11.0 Å². The van der Waals surface area contributed by atoms with Crippen molar-refractivity contribution in [3.8, 4) is 0 Å². The Hall–Kier alpha value is -2.68. The number of thioether (sulfide) groups is 1. The number of nitrogens with zero attached hydrogens (tertiary/aromatic N) is 2. The zero-order valence-corrected chi connectivity index (χ0v) is 15.6. The number of fused-ring (bicyclic) bond motifs is 1. The van der Waals surface area contributed by atoms with Gasteiger partial charge in [0, 0.05) is 17.9 Å². The molecule has 0 fully saturated rings. The third kappa shape index (κ3) is 4.19. The quantitative estimate of drug-likeness (QED) is 0.497. The van der Waals surface area contributed by atoms with Crippen molar-refractivity contribution >= 4 is 28.7 Å². The summed E-state index contributed by atoms with van der Waals surface area (Å²) in [6.45, 7) is 3.66. The summed E-state index contributed by atoms with van der Waals surface area (Å²) in [5.41, 5.74) is 4.21. The summed E-state index contributed by atoms with van der Waals surface area (Å²) < 4.78 is 27.6. The minimum absolute atomic E-state index is 0.252. The van der Waals surface area contributed by atoms with Gasteiger partial charge in [0.05, 0.1) is 5.52 Å². The number of aryl methyl sites for hydroxylation is 1. The number of amides is 1. The standard InChI is InChI=1S/C18H18F2N4O2S/c1-3-4-15(25)23-24-17(26)16-14(7-10(2)21-16)22-18(24)27-9-11-5-6-12(19)13(20)8-11/h5-8,21H,3-4,9H2,1-2H3,(H,23,25). The van der Waals surface area contributed by atoms with Crippen LogP contribution in [0, 0.1) is 18.6 Å². The summed E-state index contributed by atoms with van der Waals surface area (Å²) in [5, 5.41) is 0.265. The average Bonchev–Trinajstić information content (AvgIpc) is 2.99. The summed E-state index contributed by atoms with van der Waals surface area (Å²) in [7, 11) is 0. The molecule has 3 aromatic rings. The molecule has 0 atom stereocenters. The van der Waals surface area contributed by atoms with Gasteiger partial charge in [0.1, 0.15) is 5.52 Å². The monoisotopic (exact) mass is 392 g/mol. The number of hydrogen-bond acceptors (Lipinski definition) is 4. The van der Waals surface area contributed by atoms with E-state index in [9.17, 15) is 18.4 Å². The predicted octanol–water partition coefficient (Wildman–Crippen LogP) is 3.47. The molecular formula is C18H18F2N4O2S. The number of carbonyl (C=O) groups excluding carboxylic acids is 1. The summed E-state index contributed by atoms with van der Waals surface area (Å²) in [5.74, 6) is -1.91. The molecule has 0 aliphatic heterocycles. The fourth-order valence-electron chi connectivity index (χ4n) is 2.56. The third-order valence-corrected chi connectivity index (χ3v) is 4.83. The van der Waals surface area contributed by atoms with E-state index in [0.29, 0.717) is 23.0 Å². The molecule has 27 heavy (non-hydrogen) atoms. The van der Waals surface area contributed by atoms with Crippen LogP contribution in [0.2, 0.25) is 0 Å². The van der Waals surface area contributed by atoms with Crippen molar-refractivity contribution in [2.75, 3.05) is 5.43 Å². The Morgan fingerprint density at radius 2 is 2.07 bits per heavy atom. The molecular weight excluding hydrogens is 374 g/mol. The fraction of sp³-hybridized carbons (Fsp3) is 0.278. The average molecular weight is 392 g/mol. The van der Waals surface area contributed by atoms with Crippen molar-refractivity contribution < 1.29 is 13.6 Å². The highest BCUT2D eigenvalue weighted by Gasteiger charge is 2.16. The molecule has 0 saturated carbocycles.